The third-order valence-corrected chi connectivity index (χ3v) is 8.37. The van der Waals surface area contributed by atoms with E-state index in [1.807, 2.05) is 38.1 Å². The van der Waals surface area contributed by atoms with Crippen LogP contribution in [0.3, 0.4) is 0 Å². The van der Waals surface area contributed by atoms with Gasteiger partial charge in [0.15, 0.2) is 5.43 Å². The Bertz CT molecular complexity index is 2080. The molecule has 2 aromatic heterocycles. The molecule has 3 heterocycles. The fourth-order valence-electron chi connectivity index (χ4n) is 5.95. The van der Waals surface area contributed by atoms with Crippen molar-refractivity contribution in [2.45, 2.75) is 32.7 Å². The van der Waals surface area contributed by atoms with Crippen molar-refractivity contribution >= 4 is 43.3 Å². The van der Waals surface area contributed by atoms with E-state index >= 15 is 0 Å². The molecule has 0 radical (unpaired) electrons. The Morgan fingerprint density at radius 3 is 2.56 bits per heavy atom. The molecule has 0 atom stereocenters. The highest BCUT2D eigenvalue weighted by atomic mass is 32.3. The first-order chi connectivity index (χ1) is 20.5. The van der Waals surface area contributed by atoms with Gasteiger partial charge >= 0.3 is 10.5 Å². The fraction of sp³-hybridized carbons (Fsp3) is 0.303. The first kappa shape index (κ1) is 28.8. The van der Waals surface area contributed by atoms with Gasteiger partial charge in [0.05, 0.1) is 22.9 Å². The van der Waals surface area contributed by atoms with Crippen LogP contribution in [0.5, 0.6) is 11.5 Å². The molecule has 1 fully saturated rings. The third-order valence-electron chi connectivity index (χ3n) is 7.98. The quantitative estimate of drug-likeness (QED) is 0.177. The summed E-state index contributed by atoms with van der Waals surface area (Å²) in [4.78, 5) is 20.1. The molecule has 3 aromatic carbocycles. The molecule has 10 heteroatoms. The number of likely N-dealkylation sites (tertiary alicyclic amines) is 1. The smallest absolute Gasteiger partial charge is 0.488 e. The van der Waals surface area contributed by atoms with Crippen molar-refractivity contribution in [2.75, 3.05) is 26.7 Å². The van der Waals surface area contributed by atoms with Gasteiger partial charge in [0.25, 0.3) is 0 Å². The molecule has 0 spiro atoms. The molecule has 0 amide bonds. The first-order valence-corrected chi connectivity index (χ1v) is 15.5. The molecule has 1 aliphatic rings. The van der Waals surface area contributed by atoms with Crippen molar-refractivity contribution in [3.63, 3.8) is 0 Å². The number of pyridine rings is 1. The molecule has 1 aliphatic heterocycles. The minimum atomic E-state index is -5.21. The Balaban J connectivity index is 1.68. The zero-order chi connectivity index (χ0) is 30.5. The highest BCUT2D eigenvalue weighted by Gasteiger charge is 2.26. The van der Waals surface area contributed by atoms with E-state index in [9.17, 15) is 17.1 Å². The summed E-state index contributed by atoms with van der Waals surface area (Å²) >= 11 is 0. The summed E-state index contributed by atoms with van der Waals surface area (Å²) in [7, 11) is -3.11. The maximum Gasteiger partial charge on any atom is 0.488 e. The van der Waals surface area contributed by atoms with E-state index in [2.05, 4.69) is 31.6 Å². The minimum absolute atomic E-state index is 0.101. The van der Waals surface area contributed by atoms with Crippen molar-refractivity contribution in [2.24, 2.45) is 5.92 Å². The van der Waals surface area contributed by atoms with Crippen LogP contribution in [0.25, 0.3) is 44.0 Å². The number of benzene rings is 3. The van der Waals surface area contributed by atoms with Gasteiger partial charge in [-0.25, -0.2) is 0 Å². The van der Waals surface area contributed by atoms with Gasteiger partial charge in [-0.2, -0.15) is 8.42 Å². The Kier molecular flexibility index (Phi) is 7.40. The predicted octanol–water partition coefficient (Wildman–Crippen LogP) is 6.18. The summed E-state index contributed by atoms with van der Waals surface area (Å²) in [6.07, 6.45) is 7.44. The zero-order valence-corrected chi connectivity index (χ0v) is 25.0. The lowest BCUT2D eigenvalue weighted by atomic mass is 9.98. The number of ether oxygens (including phenoxy) is 1. The molecule has 43 heavy (non-hydrogen) atoms. The molecule has 6 rings (SSSR count). The summed E-state index contributed by atoms with van der Waals surface area (Å²) in [6, 6.07) is 15.6. The van der Waals surface area contributed by atoms with Gasteiger partial charge in [0.2, 0.25) is 0 Å². The highest BCUT2D eigenvalue weighted by molar-refractivity contribution is 7.81. The van der Waals surface area contributed by atoms with E-state index in [4.69, 9.17) is 11.2 Å². The van der Waals surface area contributed by atoms with Gasteiger partial charge in [0.1, 0.15) is 17.1 Å². The normalized spacial score (nSPS) is 15.0. The van der Waals surface area contributed by atoms with Crippen molar-refractivity contribution in [3.05, 3.63) is 70.4 Å². The van der Waals surface area contributed by atoms with Gasteiger partial charge in [0, 0.05) is 28.1 Å². The van der Waals surface area contributed by atoms with Crippen LogP contribution >= 0.6 is 0 Å². The average molecular weight is 602 g/mol. The molecule has 0 bridgehead atoms. The van der Waals surface area contributed by atoms with Gasteiger partial charge in [-0.1, -0.05) is 41.9 Å². The SMILES string of the molecule is C#Cc1ccc2c(c1)[nH]c1c2c(=O)c2cc(OCC(C)C)c(-c3cccc(OS(=O)(=O)F)c3)cc2n1C1CCN(C)CC1. The maximum atomic E-state index is 14.3. The molecule has 222 valence electrons. The molecule has 0 unspecified atom stereocenters. The number of H-pyrrole nitrogens is 1. The van der Waals surface area contributed by atoms with Crippen LogP contribution in [-0.2, 0) is 10.5 Å². The summed E-state index contributed by atoms with van der Waals surface area (Å²) in [6.45, 7) is 6.24. The number of hydrogen-bond acceptors (Lipinski definition) is 6. The largest absolute Gasteiger partial charge is 0.493 e. The van der Waals surface area contributed by atoms with E-state index in [0.29, 0.717) is 45.3 Å². The molecule has 8 nitrogen and oxygen atoms in total. The lowest BCUT2D eigenvalue weighted by molar-refractivity contribution is 0.226. The lowest BCUT2D eigenvalue weighted by Crippen LogP contribution is -2.32. The number of nitrogens with one attached hydrogen (secondary N) is 1. The Morgan fingerprint density at radius 1 is 1.09 bits per heavy atom. The van der Waals surface area contributed by atoms with Crippen molar-refractivity contribution < 1.29 is 21.2 Å². The summed E-state index contributed by atoms with van der Waals surface area (Å²) in [5.74, 6) is 3.16. The molecule has 5 aromatic rings. The third kappa shape index (κ3) is 5.58. The van der Waals surface area contributed by atoms with Crippen LogP contribution < -0.4 is 14.3 Å². The fourth-order valence-corrected chi connectivity index (χ4v) is 6.29. The summed E-state index contributed by atoms with van der Waals surface area (Å²) in [5, 5.41) is 1.90. The Morgan fingerprint density at radius 2 is 1.86 bits per heavy atom. The topological polar surface area (TPSA) is 93.6 Å². The second kappa shape index (κ2) is 11.1. The minimum Gasteiger partial charge on any atom is -0.493 e. The van der Waals surface area contributed by atoms with Crippen LogP contribution in [0, 0.1) is 18.3 Å². The zero-order valence-electron chi connectivity index (χ0n) is 24.2. The number of hydrogen-bond donors (Lipinski definition) is 1. The summed E-state index contributed by atoms with van der Waals surface area (Å²) in [5.41, 5.74) is 3.99. The molecular weight excluding hydrogens is 569 g/mol. The van der Waals surface area contributed by atoms with Gasteiger partial charge in [-0.05, 0) is 80.9 Å². The monoisotopic (exact) mass is 601 g/mol. The number of halogens is 1. The molecule has 1 saturated heterocycles. The second-order valence-electron chi connectivity index (χ2n) is 11.6. The van der Waals surface area contributed by atoms with Crippen molar-refractivity contribution in [1.29, 1.82) is 0 Å². The highest BCUT2D eigenvalue weighted by Crippen LogP contribution is 2.39. The van der Waals surface area contributed by atoms with Crippen LogP contribution in [0.4, 0.5) is 3.89 Å². The van der Waals surface area contributed by atoms with Crippen LogP contribution in [-0.4, -0.2) is 49.6 Å². The van der Waals surface area contributed by atoms with Gasteiger partial charge < -0.3 is 23.4 Å². The molecule has 1 N–H and O–H groups in total. The Labute approximate surface area is 249 Å². The molecule has 0 aliphatic carbocycles. The first-order valence-electron chi connectivity index (χ1n) is 14.2. The number of aromatic amines is 1. The van der Waals surface area contributed by atoms with Gasteiger partial charge in [-0.15, -0.1) is 6.42 Å². The number of terminal acetylenes is 1. The van der Waals surface area contributed by atoms with Crippen molar-refractivity contribution in [1.82, 2.24) is 14.5 Å². The van der Waals surface area contributed by atoms with Crippen LogP contribution in [0.2, 0.25) is 0 Å². The van der Waals surface area contributed by atoms with Crippen molar-refractivity contribution in [3.8, 4) is 35.0 Å². The predicted molar refractivity (Wildman–Crippen MR) is 168 cm³/mol. The number of piperidine rings is 1. The van der Waals surface area contributed by atoms with E-state index in [1.54, 1.807) is 18.2 Å². The maximum absolute atomic E-state index is 14.3. The van der Waals surface area contributed by atoms with Crippen LogP contribution in [0.1, 0.15) is 38.3 Å². The number of nitrogens with zero attached hydrogens (tertiary/aromatic N) is 2. The van der Waals surface area contributed by atoms with E-state index in [1.165, 1.54) is 12.1 Å². The van der Waals surface area contributed by atoms with E-state index in [-0.39, 0.29) is 23.1 Å². The molecular formula is C33H32FN3O5S. The summed E-state index contributed by atoms with van der Waals surface area (Å²) < 4.78 is 48.8. The molecule has 0 saturated carbocycles. The lowest BCUT2D eigenvalue weighted by Gasteiger charge is -2.32. The van der Waals surface area contributed by atoms with E-state index in [0.717, 1.165) is 42.5 Å². The Hall–Kier alpha value is -4.33. The van der Waals surface area contributed by atoms with E-state index < -0.39 is 10.5 Å². The van der Waals surface area contributed by atoms with Gasteiger partial charge in [-0.3, -0.25) is 4.79 Å². The number of fused-ring (bicyclic) bond motifs is 4. The number of rotatable bonds is 7. The van der Waals surface area contributed by atoms with Crippen LogP contribution in [0.15, 0.2) is 59.4 Å². The average Bonchev–Trinajstić information content (AvgIpc) is 3.34. The second-order valence-corrected chi connectivity index (χ2v) is 12.5. The standard InChI is InChI=1S/C33H32FN3O5S/c1-5-21-9-10-25-28(15-21)35-33-31(25)32(38)27-18-30(41-19-20(2)3)26(22-7-6-8-24(16-22)42-43(34,39)40)17-29(27)37(33)23-11-13-36(4)14-12-23/h1,6-10,15-18,20,23,35H,11-14,19H2,2-4H3. The number of aromatic nitrogens is 2.